The van der Waals surface area contributed by atoms with Crippen LogP contribution in [0.1, 0.15) is 34.3 Å². The first kappa shape index (κ1) is 26.4. The van der Waals surface area contributed by atoms with Crippen molar-refractivity contribution in [1.29, 1.82) is 0 Å². The first-order valence-corrected chi connectivity index (χ1v) is 13.9. The molecule has 2 aliphatic heterocycles. The van der Waals surface area contributed by atoms with Gasteiger partial charge in [-0.2, -0.15) is 0 Å². The van der Waals surface area contributed by atoms with E-state index >= 15 is 0 Å². The molecule has 3 amide bonds. The zero-order valence-corrected chi connectivity index (χ0v) is 23.1. The molecule has 2 fully saturated rings. The molecule has 0 bridgehead atoms. The molecule has 1 N–H and O–H groups in total. The average Bonchev–Trinajstić information content (AvgIpc) is 3.59. The summed E-state index contributed by atoms with van der Waals surface area (Å²) in [7, 11) is 0. The lowest BCUT2D eigenvalue weighted by Gasteiger charge is -2.11. The predicted octanol–water partition coefficient (Wildman–Crippen LogP) is 4.93. The van der Waals surface area contributed by atoms with E-state index < -0.39 is 11.1 Å². The molecule has 2 saturated heterocycles. The van der Waals surface area contributed by atoms with Crippen molar-refractivity contribution in [2.75, 3.05) is 19.7 Å². The minimum absolute atomic E-state index is 0.0559. The van der Waals surface area contributed by atoms with E-state index in [1.807, 2.05) is 41.8 Å². The Morgan fingerprint density at radius 3 is 2.68 bits per heavy atom. The number of ketones is 1. The average molecular weight is 597 g/mol. The third-order valence-corrected chi connectivity index (χ3v) is 7.97. The molecule has 0 spiro atoms. The molecule has 3 aromatic rings. The van der Waals surface area contributed by atoms with E-state index in [9.17, 15) is 19.2 Å². The van der Waals surface area contributed by atoms with Gasteiger partial charge in [-0.3, -0.25) is 24.1 Å². The number of fused-ring (bicyclic) bond motifs is 1. The highest BCUT2D eigenvalue weighted by Crippen LogP contribution is 2.35. The Balaban J connectivity index is 1.35. The fraction of sp³-hybridized carbons (Fsp3) is 0.286. The number of nitrogens with zero attached hydrogens (tertiary/aromatic N) is 2. The fourth-order valence-corrected chi connectivity index (χ4v) is 5.73. The molecule has 8 nitrogen and oxygen atoms in total. The maximum atomic E-state index is 13.1. The Morgan fingerprint density at radius 1 is 1.16 bits per heavy atom. The van der Waals surface area contributed by atoms with Crippen LogP contribution in [0.25, 0.3) is 17.0 Å². The molecule has 10 heteroatoms. The number of rotatable bonds is 8. The maximum Gasteiger partial charge on any atom is 0.293 e. The van der Waals surface area contributed by atoms with Crippen LogP contribution >= 0.6 is 27.7 Å². The maximum absolute atomic E-state index is 13.1. The minimum Gasteiger partial charge on any atom is -0.376 e. The third kappa shape index (κ3) is 5.77. The second-order valence-electron chi connectivity index (χ2n) is 9.37. The third-order valence-electron chi connectivity index (χ3n) is 6.57. The normalized spacial score (nSPS) is 18.6. The lowest BCUT2D eigenvalue weighted by molar-refractivity contribution is -0.123. The van der Waals surface area contributed by atoms with E-state index in [1.54, 1.807) is 24.4 Å². The summed E-state index contributed by atoms with van der Waals surface area (Å²) in [5.41, 5.74) is 2.98. The van der Waals surface area contributed by atoms with Gasteiger partial charge in [-0.15, -0.1) is 0 Å². The molecule has 38 heavy (non-hydrogen) atoms. The topological polar surface area (TPSA) is 97.7 Å². The monoisotopic (exact) mass is 595 g/mol. The second-order valence-corrected chi connectivity index (χ2v) is 11.3. The van der Waals surface area contributed by atoms with Crippen LogP contribution in [0.15, 0.2) is 58.0 Å². The molecule has 0 unspecified atom stereocenters. The number of ether oxygens (including phenoxy) is 1. The van der Waals surface area contributed by atoms with Crippen LogP contribution in [-0.2, 0) is 20.9 Å². The van der Waals surface area contributed by atoms with Gasteiger partial charge in [0.2, 0.25) is 5.91 Å². The van der Waals surface area contributed by atoms with Gasteiger partial charge in [0, 0.05) is 45.9 Å². The summed E-state index contributed by atoms with van der Waals surface area (Å²) in [6.07, 6.45) is 5.45. The SMILES string of the molecule is Cc1ccc(C(=O)CN2C(=O)S/C(=C\c3cn(CC(=O)NC[C@@H]4CCCO4)c4ccc(Br)cc34)C2=O)cc1. The summed E-state index contributed by atoms with van der Waals surface area (Å²) in [5, 5.41) is 3.28. The van der Waals surface area contributed by atoms with Crippen molar-refractivity contribution in [1.82, 2.24) is 14.8 Å². The minimum atomic E-state index is -0.509. The van der Waals surface area contributed by atoms with Crippen molar-refractivity contribution in [2.45, 2.75) is 32.4 Å². The number of carbonyl (C=O) groups excluding carboxylic acids is 4. The highest BCUT2D eigenvalue weighted by atomic mass is 79.9. The molecule has 2 aromatic carbocycles. The molecule has 0 aliphatic carbocycles. The summed E-state index contributed by atoms with van der Waals surface area (Å²) >= 11 is 4.30. The summed E-state index contributed by atoms with van der Waals surface area (Å²) in [6, 6.07) is 12.7. The highest BCUT2D eigenvalue weighted by molar-refractivity contribution is 9.10. The Morgan fingerprint density at radius 2 is 1.95 bits per heavy atom. The van der Waals surface area contributed by atoms with Gasteiger partial charge in [0.1, 0.15) is 6.54 Å². The predicted molar refractivity (Wildman–Crippen MR) is 150 cm³/mol. The number of amides is 3. The van der Waals surface area contributed by atoms with Crippen molar-refractivity contribution in [3.63, 3.8) is 0 Å². The van der Waals surface area contributed by atoms with E-state index in [0.29, 0.717) is 17.7 Å². The Hall–Kier alpha value is -3.21. The van der Waals surface area contributed by atoms with Gasteiger partial charge in [-0.25, -0.2) is 0 Å². The number of halogens is 1. The molecule has 5 rings (SSSR count). The Bertz CT molecular complexity index is 1460. The van der Waals surface area contributed by atoms with Gasteiger partial charge < -0.3 is 14.6 Å². The van der Waals surface area contributed by atoms with Crippen LogP contribution in [0, 0.1) is 6.92 Å². The van der Waals surface area contributed by atoms with Crippen LogP contribution < -0.4 is 5.32 Å². The number of aromatic nitrogens is 1. The summed E-state index contributed by atoms with van der Waals surface area (Å²) < 4.78 is 8.24. The summed E-state index contributed by atoms with van der Waals surface area (Å²) in [5.74, 6) is -0.949. The van der Waals surface area contributed by atoms with Crippen LogP contribution in [-0.4, -0.2) is 58.1 Å². The van der Waals surface area contributed by atoms with Gasteiger partial charge in [-0.1, -0.05) is 45.8 Å². The number of imide groups is 1. The van der Waals surface area contributed by atoms with Crippen molar-refractivity contribution in [3.05, 3.63) is 74.7 Å². The van der Waals surface area contributed by atoms with Crippen molar-refractivity contribution < 1.29 is 23.9 Å². The molecule has 2 aliphatic rings. The Kier molecular flexibility index (Phi) is 7.83. The lowest BCUT2D eigenvalue weighted by Crippen LogP contribution is -2.34. The number of thioether (sulfide) groups is 1. The van der Waals surface area contributed by atoms with E-state index in [2.05, 4.69) is 21.2 Å². The summed E-state index contributed by atoms with van der Waals surface area (Å²) in [6.45, 7) is 2.91. The molecular weight excluding hydrogens is 570 g/mol. The number of benzene rings is 2. The van der Waals surface area contributed by atoms with Crippen molar-refractivity contribution >= 4 is 67.5 Å². The van der Waals surface area contributed by atoms with Crippen molar-refractivity contribution in [3.8, 4) is 0 Å². The van der Waals surface area contributed by atoms with E-state index in [0.717, 1.165) is 57.0 Å². The first-order chi connectivity index (χ1) is 18.3. The highest BCUT2D eigenvalue weighted by Gasteiger charge is 2.36. The molecule has 1 aromatic heterocycles. The Labute approximate surface area is 232 Å². The number of Topliss-reactive ketones (excluding diaryl/α,β-unsaturated/α-hetero) is 1. The fourth-order valence-electron chi connectivity index (χ4n) is 4.54. The van der Waals surface area contributed by atoms with Crippen molar-refractivity contribution in [2.24, 2.45) is 0 Å². The number of carbonyl (C=O) groups is 4. The molecule has 0 saturated carbocycles. The smallest absolute Gasteiger partial charge is 0.293 e. The largest absolute Gasteiger partial charge is 0.376 e. The van der Waals surface area contributed by atoms with Crippen LogP contribution in [0.3, 0.4) is 0 Å². The lowest BCUT2D eigenvalue weighted by atomic mass is 10.1. The van der Waals surface area contributed by atoms with Gasteiger partial charge >= 0.3 is 0 Å². The number of nitrogens with one attached hydrogen (secondary N) is 1. The van der Waals surface area contributed by atoms with E-state index in [-0.39, 0.29) is 35.8 Å². The van der Waals surface area contributed by atoms with E-state index in [1.165, 1.54) is 0 Å². The number of hydrogen-bond donors (Lipinski definition) is 1. The van der Waals surface area contributed by atoms with Crippen LogP contribution in [0.2, 0.25) is 0 Å². The quantitative estimate of drug-likeness (QED) is 0.293. The van der Waals surface area contributed by atoms with Gasteiger partial charge in [0.15, 0.2) is 5.78 Å². The number of hydrogen-bond acceptors (Lipinski definition) is 6. The van der Waals surface area contributed by atoms with Crippen LogP contribution in [0.4, 0.5) is 4.79 Å². The van der Waals surface area contributed by atoms with Gasteiger partial charge in [0.05, 0.1) is 17.6 Å². The van der Waals surface area contributed by atoms with E-state index in [4.69, 9.17) is 4.74 Å². The van der Waals surface area contributed by atoms with Gasteiger partial charge in [-0.05, 0) is 55.8 Å². The molecule has 3 heterocycles. The molecule has 0 radical (unpaired) electrons. The summed E-state index contributed by atoms with van der Waals surface area (Å²) in [4.78, 5) is 52.3. The second kappa shape index (κ2) is 11.3. The van der Waals surface area contributed by atoms with Gasteiger partial charge in [0.25, 0.3) is 11.1 Å². The molecule has 1 atom stereocenters. The zero-order valence-electron chi connectivity index (χ0n) is 20.7. The first-order valence-electron chi connectivity index (χ1n) is 12.3. The van der Waals surface area contributed by atoms with Crippen LogP contribution in [0.5, 0.6) is 0 Å². The number of aryl methyl sites for hydroxylation is 1. The molecular formula is C28H26BrN3O5S. The standard InChI is InChI=1S/C28H26BrN3O5S/c1-17-4-6-18(7-5-17)24(33)15-32-27(35)25(38-28(32)36)11-19-14-31(23-9-8-20(29)12-22(19)23)16-26(34)30-13-21-3-2-10-37-21/h4-9,11-12,14,21H,2-3,10,13,15-16H2,1H3,(H,30,34)/b25-11-/t21-/m0/s1. The zero-order chi connectivity index (χ0) is 26.8. The molecule has 196 valence electrons.